The summed E-state index contributed by atoms with van der Waals surface area (Å²) in [6.07, 6.45) is 5.12. The molecule has 1 saturated carbocycles. The smallest absolute Gasteiger partial charge is 0.225 e. The second-order valence-corrected chi connectivity index (χ2v) is 7.24. The Balaban J connectivity index is 0.00000208. The number of carbonyl (C=O) groups excluding carboxylic acids is 1. The minimum atomic E-state index is 0. The van der Waals surface area contributed by atoms with Gasteiger partial charge in [-0.15, -0.1) is 12.4 Å². The Labute approximate surface area is 151 Å². The number of hydrogen-bond donors (Lipinski definition) is 1. The molecule has 3 rings (SSSR count). The Kier molecular flexibility index (Phi) is 7.08. The molecular weight excluding hydrogens is 322 g/mol. The number of hydrogen-bond acceptors (Lipinski definition) is 3. The van der Waals surface area contributed by atoms with Gasteiger partial charge in [0.05, 0.1) is 0 Å². The molecule has 0 bridgehead atoms. The summed E-state index contributed by atoms with van der Waals surface area (Å²) in [5, 5.41) is 0. The molecule has 2 aliphatic rings. The average molecular weight is 352 g/mol. The predicted octanol–water partition coefficient (Wildman–Crippen LogP) is 2.66. The fraction of sp³-hybridized carbons (Fsp3) is 0.632. The molecule has 0 radical (unpaired) electrons. The molecule has 5 heteroatoms. The summed E-state index contributed by atoms with van der Waals surface area (Å²) in [6, 6.07) is 11.1. The van der Waals surface area contributed by atoms with Crippen LogP contribution in [0.3, 0.4) is 0 Å². The molecular formula is C19H30ClN3O. The first-order valence-corrected chi connectivity index (χ1v) is 8.92. The van der Waals surface area contributed by atoms with Crippen LogP contribution in [0, 0.1) is 5.92 Å². The lowest BCUT2D eigenvalue weighted by Gasteiger charge is -2.32. The van der Waals surface area contributed by atoms with Gasteiger partial charge in [0.2, 0.25) is 5.91 Å². The Morgan fingerprint density at radius 2 is 2.00 bits per heavy atom. The van der Waals surface area contributed by atoms with E-state index in [1.165, 1.54) is 5.56 Å². The quantitative estimate of drug-likeness (QED) is 0.907. The molecule has 0 aromatic heterocycles. The third-order valence-corrected chi connectivity index (χ3v) is 5.46. The second kappa shape index (κ2) is 8.84. The Hall–Kier alpha value is -1.10. The van der Waals surface area contributed by atoms with Crippen LogP contribution in [-0.2, 0) is 11.3 Å². The van der Waals surface area contributed by atoms with Crippen LogP contribution in [0.2, 0.25) is 0 Å². The van der Waals surface area contributed by atoms with E-state index in [0.29, 0.717) is 11.9 Å². The maximum Gasteiger partial charge on any atom is 0.225 e. The third kappa shape index (κ3) is 4.71. The van der Waals surface area contributed by atoms with Crippen molar-refractivity contribution in [3.63, 3.8) is 0 Å². The highest BCUT2D eigenvalue weighted by Crippen LogP contribution is 2.27. The number of likely N-dealkylation sites (tertiary alicyclic amines) is 1. The standard InChI is InChI=1S/C19H29N3O.ClH/c1-21(19(23)16-8-5-9-17(20)12-16)18-10-11-22(14-18)13-15-6-3-2-4-7-15;/h2-4,6-7,16-18H,5,8-14,20H2,1H3;1H. The van der Waals surface area contributed by atoms with Crippen molar-refractivity contribution in [3.05, 3.63) is 35.9 Å². The number of carbonyl (C=O) groups is 1. The maximum absolute atomic E-state index is 12.7. The number of nitrogens with zero attached hydrogens (tertiary/aromatic N) is 2. The number of nitrogens with two attached hydrogens (primary N) is 1. The van der Waals surface area contributed by atoms with Crippen LogP contribution in [0.15, 0.2) is 30.3 Å². The Morgan fingerprint density at radius 3 is 2.71 bits per heavy atom. The van der Waals surface area contributed by atoms with Crippen LogP contribution in [0.4, 0.5) is 0 Å². The van der Waals surface area contributed by atoms with Gasteiger partial charge in [-0.05, 0) is 31.2 Å². The van der Waals surface area contributed by atoms with Gasteiger partial charge in [-0.2, -0.15) is 0 Å². The zero-order chi connectivity index (χ0) is 16.2. The van der Waals surface area contributed by atoms with Crippen LogP contribution in [0.25, 0.3) is 0 Å². The first-order chi connectivity index (χ1) is 11.1. The van der Waals surface area contributed by atoms with E-state index in [0.717, 1.165) is 51.7 Å². The zero-order valence-electron chi connectivity index (χ0n) is 14.6. The zero-order valence-corrected chi connectivity index (χ0v) is 15.4. The van der Waals surface area contributed by atoms with E-state index < -0.39 is 0 Å². The van der Waals surface area contributed by atoms with Crippen molar-refractivity contribution < 1.29 is 4.79 Å². The first kappa shape index (κ1) is 19.2. The highest BCUT2D eigenvalue weighted by molar-refractivity contribution is 5.85. The van der Waals surface area contributed by atoms with E-state index in [1.807, 2.05) is 11.9 Å². The van der Waals surface area contributed by atoms with Crippen molar-refractivity contribution in [2.75, 3.05) is 20.1 Å². The maximum atomic E-state index is 12.7. The van der Waals surface area contributed by atoms with Gasteiger partial charge in [-0.1, -0.05) is 36.8 Å². The summed E-state index contributed by atoms with van der Waals surface area (Å²) in [7, 11) is 1.99. The lowest BCUT2D eigenvalue weighted by molar-refractivity contribution is -0.137. The lowest BCUT2D eigenvalue weighted by atomic mass is 9.85. The summed E-state index contributed by atoms with van der Waals surface area (Å²) in [4.78, 5) is 17.2. The van der Waals surface area contributed by atoms with E-state index in [2.05, 4.69) is 35.2 Å². The molecule has 24 heavy (non-hydrogen) atoms. The predicted molar refractivity (Wildman–Crippen MR) is 100 cm³/mol. The lowest BCUT2D eigenvalue weighted by Crippen LogP contribution is -2.44. The molecule has 1 heterocycles. The van der Waals surface area contributed by atoms with Crippen molar-refractivity contribution in [2.45, 2.75) is 50.7 Å². The van der Waals surface area contributed by atoms with Gasteiger partial charge in [0.15, 0.2) is 0 Å². The van der Waals surface area contributed by atoms with E-state index >= 15 is 0 Å². The molecule has 1 saturated heterocycles. The first-order valence-electron chi connectivity index (χ1n) is 8.92. The minimum Gasteiger partial charge on any atom is -0.341 e. The van der Waals surface area contributed by atoms with E-state index in [9.17, 15) is 4.79 Å². The van der Waals surface area contributed by atoms with Crippen molar-refractivity contribution in [3.8, 4) is 0 Å². The Bertz CT molecular complexity index is 525. The molecule has 2 N–H and O–H groups in total. The molecule has 1 aliphatic carbocycles. The highest BCUT2D eigenvalue weighted by atomic mass is 35.5. The minimum absolute atomic E-state index is 0. The fourth-order valence-electron chi connectivity index (χ4n) is 4.03. The number of halogens is 1. The normalized spacial score (nSPS) is 27.5. The van der Waals surface area contributed by atoms with Crippen molar-refractivity contribution in [1.29, 1.82) is 0 Å². The van der Waals surface area contributed by atoms with Gasteiger partial charge in [0.1, 0.15) is 0 Å². The van der Waals surface area contributed by atoms with Crippen LogP contribution in [0.5, 0.6) is 0 Å². The van der Waals surface area contributed by atoms with E-state index in [1.54, 1.807) is 0 Å². The SMILES string of the molecule is CN(C(=O)C1CCCC(N)C1)C1CCN(Cc2ccccc2)C1.Cl. The molecule has 134 valence electrons. The highest BCUT2D eigenvalue weighted by Gasteiger charge is 2.33. The number of amides is 1. The van der Waals surface area contributed by atoms with Crippen LogP contribution in [-0.4, -0.2) is 47.9 Å². The van der Waals surface area contributed by atoms with Gasteiger partial charge < -0.3 is 10.6 Å². The van der Waals surface area contributed by atoms with Crippen LogP contribution < -0.4 is 5.73 Å². The summed E-state index contributed by atoms with van der Waals surface area (Å²) < 4.78 is 0. The summed E-state index contributed by atoms with van der Waals surface area (Å²) in [5.41, 5.74) is 7.39. The summed E-state index contributed by atoms with van der Waals surface area (Å²) in [5.74, 6) is 0.457. The average Bonchev–Trinajstić information content (AvgIpc) is 3.03. The van der Waals surface area contributed by atoms with Crippen LogP contribution >= 0.6 is 12.4 Å². The van der Waals surface area contributed by atoms with Gasteiger partial charge in [0.25, 0.3) is 0 Å². The van der Waals surface area contributed by atoms with Gasteiger partial charge >= 0.3 is 0 Å². The molecule has 3 unspecified atom stereocenters. The van der Waals surface area contributed by atoms with Gasteiger partial charge in [-0.25, -0.2) is 0 Å². The fourth-order valence-corrected chi connectivity index (χ4v) is 4.03. The van der Waals surface area contributed by atoms with E-state index in [4.69, 9.17) is 5.73 Å². The molecule has 1 aromatic carbocycles. The third-order valence-electron chi connectivity index (χ3n) is 5.46. The molecule has 4 nitrogen and oxygen atoms in total. The van der Waals surface area contributed by atoms with E-state index in [-0.39, 0.29) is 24.4 Å². The summed E-state index contributed by atoms with van der Waals surface area (Å²) in [6.45, 7) is 3.03. The van der Waals surface area contributed by atoms with Crippen LogP contribution in [0.1, 0.15) is 37.7 Å². The van der Waals surface area contributed by atoms with Crippen molar-refractivity contribution >= 4 is 18.3 Å². The Morgan fingerprint density at radius 1 is 1.25 bits per heavy atom. The monoisotopic (exact) mass is 351 g/mol. The molecule has 3 atom stereocenters. The number of rotatable bonds is 4. The van der Waals surface area contributed by atoms with Gasteiger partial charge in [0, 0.05) is 44.7 Å². The summed E-state index contributed by atoms with van der Waals surface area (Å²) >= 11 is 0. The number of likely N-dealkylation sites (N-methyl/N-ethyl adjacent to an activating group) is 1. The molecule has 1 amide bonds. The largest absolute Gasteiger partial charge is 0.341 e. The molecule has 1 aliphatic heterocycles. The molecule has 0 spiro atoms. The van der Waals surface area contributed by atoms with Crippen molar-refractivity contribution in [2.24, 2.45) is 11.7 Å². The molecule has 2 fully saturated rings. The topological polar surface area (TPSA) is 49.6 Å². The molecule has 1 aromatic rings. The van der Waals surface area contributed by atoms with Crippen molar-refractivity contribution in [1.82, 2.24) is 9.80 Å². The van der Waals surface area contributed by atoms with Gasteiger partial charge in [-0.3, -0.25) is 9.69 Å². The second-order valence-electron chi connectivity index (χ2n) is 7.24. The number of benzene rings is 1.